The molecule has 0 atom stereocenters. The predicted molar refractivity (Wildman–Crippen MR) is 135 cm³/mol. The lowest BCUT2D eigenvalue weighted by atomic mass is 9.76. The van der Waals surface area contributed by atoms with Gasteiger partial charge in [-0.15, -0.1) is 0 Å². The first-order chi connectivity index (χ1) is 16.9. The highest BCUT2D eigenvalue weighted by Gasteiger charge is 2.31. The molecule has 2 aliphatic carbocycles. The number of benzene rings is 2. The van der Waals surface area contributed by atoms with Crippen LogP contribution in [0.3, 0.4) is 0 Å². The van der Waals surface area contributed by atoms with E-state index in [4.69, 9.17) is 0 Å². The van der Waals surface area contributed by atoms with Crippen molar-refractivity contribution in [2.24, 2.45) is 5.41 Å². The molecule has 2 amide bonds. The number of nitrogens with zero attached hydrogens (tertiary/aromatic N) is 2. The van der Waals surface area contributed by atoms with Gasteiger partial charge in [0.1, 0.15) is 0 Å². The molecule has 1 aromatic heterocycles. The number of H-pyrrole nitrogens is 1. The lowest BCUT2D eigenvalue weighted by Gasteiger charge is -2.29. The Kier molecular flexibility index (Phi) is 5.28. The Labute approximate surface area is 206 Å². The van der Waals surface area contributed by atoms with Crippen LogP contribution in [-0.4, -0.2) is 33.0 Å². The molecule has 2 N–H and O–H groups in total. The quantitative estimate of drug-likeness (QED) is 0.551. The number of aromatic nitrogens is 2. The lowest BCUT2D eigenvalue weighted by Crippen LogP contribution is -2.39. The van der Waals surface area contributed by atoms with Crippen LogP contribution in [0.5, 0.6) is 0 Å². The van der Waals surface area contributed by atoms with Gasteiger partial charge in [-0.2, -0.15) is 5.10 Å². The summed E-state index contributed by atoms with van der Waals surface area (Å²) in [4.78, 5) is 27.3. The van der Waals surface area contributed by atoms with Gasteiger partial charge in [0.15, 0.2) is 0 Å². The lowest BCUT2D eigenvalue weighted by molar-refractivity contribution is 0.0766. The Morgan fingerprint density at radius 3 is 2.71 bits per heavy atom. The van der Waals surface area contributed by atoms with Crippen LogP contribution < -0.4 is 5.32 Å². The molecular formula is C29H32N4O2. The second-order valence-electron chi connectivity index (χ2n) is 11.2. The first-order valence-corrected chi connectivity index (χ1v) is 12.7. The Morgan fingerprint density at radius 1 is 1.17 bits per heavy atom. The number of carbonyl (C=O) groups is 2. The third-order valence-corrected chi connectivity index (χ3v) is 7.95. The smallest absolute Gasteiger partial charge is 0.254 e. The molecule has 0 saturated heterocycles. The number of hydrogen-bond donors (Lipinski definition) is 2. The van der Waals surface area contributed by atoms with Gasteiger partial charge in [0.2, 0.25) is 0 Å². The summed E-state index contributed by atoms with van der Waals surface area (Å²) in [5, 5.41) is 11.0. The average Bonchev–Trinajstić information content (AvgIpc) is 3.36. The normalized spacial score (nSPS) is 18.7. The summed E-state index contributed by atoms with van der Waals surface area (Å²) < 4.78 is 0. The molecule has 0 unspecified atom stereocenters. The molecule has 6 nitrogen and oxygen atoms in total. The molecule has 0 bridgehead atoms. The van der Waals surface area contributed by atoms with Crippen molar-refractivity contribution in [2.75, 3.05) is 0 Å². The number of aromatic amines is 1. The molecular weight excluding hydrogens is 436 g/mol. The molecule has 6 heteroatoms. The van der Waals surface area contributed by atoms with Crippen molar-refractivity contribution in [1.82, 2.24) is 20.4 Å². The van der Waals surface area contributed by atoms with E-state index in [2.05, 4.69) is 35.4 Å². The van der Waals surface area contributed by atoms with Crippen LogP contribution in [0, 0.1) is 5.41 Å². The SMILES string of the molecule is CC1(C)CCc2c(-c3ccc4c(c3)CN(Cc3ccc(C(=O)NC5CCC5)cc3)C4=O)n[nH]c2C1. The topological polar surface area (TPSA) is 78.1 Å². The second-order valence-corrected chi connectivity index (χ2v) is 11.2. The van der Waals surface area contributed by atoms with Crippen molar-refractivity contribution < 1.29 is 9.59 Å². The van der Waals surface area contributed by atoms with E-state index in [1.54, 1.807) is 0 Å². The molecule has 0 radical (unpaired) electrons. The van der Waals surface area contributed by atoms with Crippen LogP contribution in [0.2, 0.25) is 0 Å². The van der Waals surface area contributed by atoms with E-state index in [0.717, 1.165) is 60.1 Å². The van der Waals surface area contributed by atoms with Crippen molar-refractivity contribution in [3.05, 3.63) is 76.0 Å². The van der Waals surface area contributed by atoms with Crippen molar-refractivity contribution in [1.29, 1.82) is 0 Å². The summed E-state index contributed by atoms with van der Waals surface area (Å²) in [5.41, 5.74) is 8.51. The Hall–Kier alpha value is -3.41. The molecule has 35 heavy (non-hydrogen) atoms. The van der Waals surface area contributed by atoms with E-state index in [9.17, 15) is 9.59 Å². The predicted octanol–water partition coefficient (Wildman–Crippen LogP) is 5.03. The molecule has 1 aliphatic heterocycles. The molecule has 1 saturated carbocycles. The Bertz CT molecular complexity index is 1300. The minimum Gasteiger partial charge on any atom is -0.349 e. The van der Waals surface area contributed by atoms with Crippen LogP contribution in [0.4, 0.5) is 0 Å². The minimum atomic E-state index is -0.0115. The summed E-state index contributed by atoms with van der Waals surface area (Å²) in [7, 11) is 0. The largest absolute Gasteiger partial charge is 0.349 e. The maximum absolute atomic E-state index is 13.1. The zero-order valence-electron chi connectivity index (χ0n) is 20.5. The van der Waals surface area contributed by atoms with Gasteiger partial charge in [-0.1, -0.05) is 32.0 Å². The van der Waals surface area contributed by atoms with Gasteiger partial charge in [0, 0.05) is 47.1 Å². The van der Waals surface area contributed by atoms with Gasteiger partial charge in [0.05, 0.1) is 5.69 Å². The molecule has 3 aliphatic rings. The Balaban J connectivity index is 1.16. The number of amides is 2. The average molecular weight is 469 g/mol. The highest BCUT2D eigenvalue weighted by Crippen LogP contribution is 2.38. The summed E-state index contributed by atoms with van der Waals surface area (Å²) in [5.74, 6) is 0.0479. The summed E-state index contributed by atoms with van der Waals surface area (Å²) in [6.07, 6.45) is 6.55. The number of rotatable bonds is 5. The van der Waals surface area contributed by atoms with Crippen molar-refractivity contribution in [2.45, 2.75) is 71.5 Å². The summed E-state index contributed by atoms with van der Waals surface area (Å²) >= 11 is 0. The number of fused-ring (bicyclic) bond motifs is 2. The van der Waals surface area contributed by atoms with Gasteiger partial charge in [-0.05, 0) is 79.3 Å². The minimum absolute atomic E-state index is 0.0115. The first-order valence-electron chi connectivity index (χ1n) is 12.7. The number of carbonyl (C=O) groups excluding carboxylic acids is 2. The maximum atomic E-state index is 13.1. The van der Waals surface area contributed by atoms with E-state index in [-0.39, 0.29) is 11.8 Å². The third kappa shape index (κ3) is 4.15. The van der Waals surface area contributed by atoms with E-state index in [1.165, 1.54) is 17.7 Å². The molecule has 0 spiro atoms. The van der Waals surface area contributed by atoms with Crippen LogP contribution in [-0.2, 0) is 25.9 Å². The van der Waals surface area contributed by atoms with Crippen LogP contribution in [0.1, 0.15) is 82.6 Å². The van der Waals surface area contributed by atoms with Gasteiger partial charge in [-0.25, -0.2) is 0 Å². The summed E-state index contributed by atoms with van der Waals surface area (Å²) in [6.45, 7) is 5.74. The van der Waals surface area contributed by atoms with E-state index in [0.29, 0.717) is 30.1 Å². The van der Waals surface area contributed by atoms with Crippen molar-refractivity contribution >= 4 is 11.8 Å². The highest BCUT2D eigenvalue weighted by atomic mass is 16.2. The van der Waals surface area contributed by atoms with Gasteiger partial charge in [-0.3, -0.25) is 14.7 Å². The van der Waals surface area contributed by atoms with E-state index in [1.807, 2.05) is 41.3 Å². The highest BCUT2D eigenvalue weighted by molar-refractivity contribution is 5.99. The fraction of sp³-hybridized carbons (Fsp3) is 0.414. The van der Waals surface area contributed by atoms with Crippen molar-refractivity contribution in [3.8, 4) is 11.3 Å². The number of hydrogen-bond acceptors (Lipinski definition) is 3. The third-order valence-electron chi connectivity index (χ3n) is 7.95. The van der Waals surface area contributed by atoms with Gasteiger partial charge in [0.25, 0.3) is 11.8 Å². The molecule has 3 aromatic rings. The fourth-order valence-corrected chi connectivity index (χ4v) is 5.55. The van der Waals surface area contributed by atoms with Gasteiger partial charge >= 0.3 is 0 Å². The maximum Gasteiger partial charge on any atom is 0.254 e. The molecule has 180 valence electrons. The van der Waals surface area contributed by atoms with E-state index >= 15 is 0 Å². The zero-order chi connectivity index (χ0) is 24.2. The molecule has 2 aromatic carbocycles. The zero-order valence-corrected chi connectivity index (χ0v) is 20.5. The monoisotopic (exact) mass is 468 g/mol. The van der Waals surface area contributed by atoms with E-state index < -0.39 is 0 Å². The van der Waals surface area contributed by atoms with Crippen LogP contribution in [0.15, 0.2) is 42.5 Å². The second kappa shape index (κ2) is 8.36. The number of nitrogens with one attached hydrogen (secondary N) is 2. The molecule has 2 heterocycles. The van der Waals surface area contributed by atoms with Crippen LogP contribution >= 0.6 is 0 Å². The molecule has 6 rings (SSSR count). The van der Waals surface area contributed by atoms with Gasteiger partial charge < -0.3 is 10.2 Å². The standard InChI is InChI=1S/C29H32N4O2/c1-29(2)13-12-24-25(15-29)31-32-26(24)20-10-11-23-21(14-20)17-33(28(23)35)16-18-6-8-19(9-7-18)27(34)30-22-4-3-5-22/h6-11,14,22H,3-5,12-13,15-17H2,1-2H3,(H,30,34)(H,31,32). The fourth-order valence-electron chi connectivity index (χ4n) is 5.55. The van der Waals surface area contributed by atoms with Crippen LogP contribution in [0.25, 0.3) is 11.3 Å². The molecule has 1 fully saturated rings. The van der Waals surface area contributed by atoms with Crippen molar-refractivity contribution in [3.63, 3.8) is 0 Å². The summed E-state index contributed by atoms with van der Waals surface area (Å²) in [6, 6.07) is 14.1. The first kappa shape index (κ1) is 22.1. The Morgan fingerprint density at radius 2 is 1.97 bits per heavy atom.